The molecule has 0 bridgehead atoms. The maximum absolute atomic E-state index is 5.85. The number of nitrogens with zero attached hydrogens (tertiary/aromatic N) is 1. The Kier molecular flexibility index (Phi) is 5.85. The monoisotopic (exact) mass is 301 g/mol. The molecule has 0 aliphatic rings. The number of hydrogen-bond donors (Lipinski definition) is 0. The van der Waals surface area contributed by atoms with E-state index in [4.69, 9.17) is 16.3 Å². The highest BCUT2D eigenvalue weighted by atomic mass is 35.5. The van der Waals surface area contributed by atoms with Gasteiger partial charge in [0.15, 0.2) is 0 Å². The second-order valence-electron chi connectivity index (χ2n) is 5.14. The van der Waals surface area contributed by atoms with E-state index < -0.39 is 0 Å². The fourth-order valence-corrected chi connectivity index (χ4v) is 1.96. The average Bonchev–Trinajstić information content (AvgIpc) is 2.47. The lowest BCUT2D eigenvalue weighted by molar-refractivity contribution is 0.456. The summed E-state index contributed by atoms with van der Waals surface area (Å²) in [5.41, 5.74) is 1.27. The van der Waals surface area contributed by atoms with Gasteiger partial charge < -0.3 is 9.64 Å². The predicted molar refractivity (Wildman–Crippen MR) is 89.4 cm³/mol. The molecule has 0 atom stereocenters. The highest BCUT2D eigenvalue weighted by Crippen LogP contribution is 2.23. The Balaban J connectivity index is 1.89. The molecular weight excluding hydrogens is 282 g/mol. The number of halogens is 1. The average molecular weight is 302 g/mol. The molecule has 0 saturated heterocycles. The number of rotatable bonds is 6. The molecule has 2 rings (SSSR count). The van der Waals surface area contributed by atoms with E-state index in [0.717, 1.165) is 24.5 Å². The lowest BCUT2D eigenvalue weighted by Crippen LogP contribution is -2.10. The Labute approximate surface area is 131 Å². The summed E-state index contributed by atoms with van der Waals surface area (Å²) in [4.78, 5) is 2.14. The van der Waals surface area contributed by atoms with Crippen molar-refractivity contribution in [3.05, 3.63) is 71.3 Å². The van der Waals surface area contributed by atoms with Crippen LogP contribution in [-0.2, 0) is 6.42 Å². The zero-order valence-electron chi connectivity index (χ0n) is 12.4. The third-order valence-electron chi connectivity index (χ3n) is 2.96. The first-order valence-electron chi connectivity index (χ1n) is 6.95. The molecule has 0 heterocycles. The molecule has 0 aliphatic carbocycles. The summed E-state index contributed by atoms with van der Waals surface area (Å²) in [7, 11) is 4.13. The van der Waals surface area contributed by atoms with Crippen LogP contribution in [0.5, 0.6) is 11.5 Å². The molecule has 0 radical (unpaired) electrons. The highest BCUT2D eigenvalue weighted by Gasteiger charge is 1.98. The summed E-state index contributed by atoms with van der Waals surface area (Å²) in [6.45, 7) is 0.970. The number of likely N-dealkylation sites (N-methyl/N-ethyl adjacent to an activating group) is 1. The molecule has 0 fully saturated rings. The molecule has 2 aromatic carbocycles. The minimum absolute atomic E-state index is 0.710. The van der Waals surface area contributed by atoms with Crippen molar-refractivity contribution >= 4 is 11.6 Å². The third kappa shape index (κ3) is 5.62. The van der Waals surface area contributed by atoms with E-state index in [1.54, 1.807) is 0 Å². The molecule has 2 aromatic rings. The summed E-state index contributed by atoms with van der Waals surface area (Å²) in [5.74, 6) is 1.62. The van der Waals surface area contributed by atoms with Crippen LogP contribution in [0.4, 0.5) is 0 Å². The van der Waals surface area contributed by atoms with Gasteiger partial charge in [0.2, 0.25) is 0 Å². The van der Waals surface area contributed by atoms with Gasteiger partial charge in [-0.2, -0.15) is 0 Å². The SMILES string of the molecule is CN(C)CC=CCc1ccc(Oc2ccc(Cl)cc2)cc1. The van der Waals surface area contributed by atoms with Gasteiger partial charge in [-0.1, -0.05) is 35.9 Å². The van der Waals surface area contributed by atoms with Crippen molar-refractivity contribution in [2.45, 2.75) is 6.42 Å². The Morgan fingerprint density at radius 2 is 1.48 bits per heavy atom. The van der Waals surface area contributed by atoms with E-state index in [-0.39, 0.29) is 0 Å². The first kappa shape index (κ1) is 15.6. The lowest BCUT2D eigenvalue weighted by atomic mass is 10.1. The molecular formula is C18H20ClNO. The van der Waals surface area contributed by atoms with E-state index in [1.807, 2.05) is 36.4 Å². The first-order valence-corrected chi connectivity index (χ1v) is 7.33. The van der Waals surface area contributed by atoms with Crippen molar-refractivity contribution in [2.75, 3.05) is 20.6 Å². The largest absolute Gasteiger partial charge is 0.457 e. The second kappa shape index (κ2) is 7.87. The molecule has 110 valence electrons. The molecule has 0 N–H and O–H groups in total. The van der Waals surface area contributed by atoms with E-state index in [0.29, 0.717) is 5.02 Å². The molecule has 0 saturated carbocycles. The van der Waals surface area contributed by atoms with Crippen molar-refractivity contribution in [1.29, 1.82) is 0 Å². The molecule has 3 heteroatoms. The smallest absolute Gasteiger partial charge is 0.127 e. The van der Waals surface area contributed by atoms with Gasteiger partial charge in [-0.15, -0.1) is 0 Å². The van der Waals surface area contributed by atoms with Gasteiger partial charge in [0, 0.05) is 11.6 Å². The zero-order chi connectivity index (χ0) is 15.1. The summed E-state index contributed by atoms with van der Waals surface area (Å²) in [6.07, 6.45) is 5.31. The van der Waals surface area contributed by atoms with Crippen LogP contribution in [0.25, 0.3) is 0 Å². The van der Waals surface area contributed by atoms with Crippen molar-refractivity contribution in [3.63, 3.8) is 0 Å². The Hall–Kier alpha value is -1.77. The molecule has 21 heavy (non-hydrogen) atoms. The van der Waals surface area contributed by atoms with Crippen LogP contribution in [0.3, 0.4) is 0 Å². The standard InChI is InChI=1S/C18H20ClNO/c1-20(2)14-4-3-5-15-6-10-17(11-7-15)21-18-12-8-16(19)9-13-18/h3-4,6-13H,5,14H2,1-2H3. The third-order valence-corrected chi connectivity index (χ3v) is 3.22. The van der Waals surface area contributed by atoms with Crippen molar-refractivity contribution < 1.29 is 4.74 Å². The summed E-state index contributed by atoms with van der Waals surface area (Å²) >= 11 is 5.85. The van der Waals surface area contributed by atoms with Gasteiger partial charge in [-0.05, 0) is 62.5 Å². The van der Waals surface area contributed by atoms with Gasteiger partial charge in [0.05, 0.1) is 0 Å². The minimum atomic E-state index is 0.710. The molecule has 0 unspecified atom stereocenters. The van der Waals surface area contributed by atoms with E-state index >= 15 is 0 Å². The van der Waals surface area contributed by atoms with E-state index in [9.17, 15) is 0 Å². The molecule has 0 spiro atoms. The zero-order valence-corrected chi connectivity index (χ0v) is 13.2. The topological polar surface area (TPSA) is 12.5 Å². The van der Waals surface area contributed by atoms with Crippen LogP contribution in [0.1, 0.15) is 5.56 Å². The fraction of sp³-hybridized carbons (Fsp3) is 0.222. The van der Waals surface area contributed by atoms with Gasteiger partial charge >= 0.3 is 0 Å². The number of hydrogen-bond acceptors (Lipinski definition) is 2. The summed E-state index contributed by atoms with van der Waals surface area (Å²) in [5, 5.41) is 0.710. The van der Waals surface area contributed by atoms with Crippen molar-refractivity contribution in [1.82, 2.24) is 4.90 Å². The summed E-state index contributed by atoms with van der Waals surface area (Å²) < 4.78 is 5.76. The number of ether oxygens (including phenoxy) is 1. The van der Waals surface area contributed by atoms with Gasteiger partial charge in [-0.3, -0.25) is 0 Å². The molecule has 0 aromatic heterocycles. The Bertz CT molecular complexity index is 573. The normalized spacial score (nSPS) is 11.2. The Morgan fingerprint density at radius 1 is 0.905 bits per heavy atom. The summed E-state index contributed by atoms with van der Waals surface area (Å²) in [6, 6.07) is 15.5. The minimum Gasteiger partial charge on any atom is -0.457 e. The van der Waals surface area contributed by atoms with Crippen LogP contribution in [0, 0.1) is 0 Å². The van der Waals surface area contributed by atoms with Crippen LogP contribution in [0.2, 0.25) is 5.02 Å². The fourth-order valence-electron chi connectivity index (χ4n) is 1.84. The van der Waals surface area contributed by atoms with Crippen LogP contribution in [-0.4, -0.2) is 25.5 Å². The predicted octanol–water partition coefficient (Wildman–Crippen LogP) is 4.79. The van der Waals surface area contributed by atoms with Crippen molar-refractivity contribution in [2.24, 2.45) is 0 Å². The Morgan fingerprint density at radius 3 is 2.05 bits per heavy atom. The maximum Gasteiger partial charge on any atom is 0.127 e. The lowest BCUT2D eigenvalue weighted by Gasteiger charge is -2.06. The number of benzene rings is 2. The van der Waals surface area contributed by atoms with Crippen molar-refractivity contribution in [3.8, 4) is 11.5 Å². The van der Waals surface area contributed by atoms with Crippen LogP contribution < -0.4 is 4.74 Å². The second-order valence-corrected chi connectivity index (χ2v) is 5.57. The van der Waals surface area contributed by atoms with Crippen LogP contribution in [0.15, 0.2) is 60.7 Å². The maximum atomic E-state index is 5.85. The number of allylic oxidation sites excluding steroid dienone is 1. The highest BCUT2D eigenvalue weighted by molar-refractivity contribution is 6.30. The van der Waals surface area contributed by atoms with Gasteiger partial charge in [0.1, 0.15) is 11.5 Å². The van der Waals surface area contributed by atoms with E-state index in [2.05, 4.69) is 43.3 Å². The molecule has 2 nitrogen and oxygen atoms in total. The van der Waals surface area contributed by atoms with Gasteiger partial charge in [-0.25, -0.2) is 0 Å². The molecule has 0 amide bonds. The van der Waals surface area contributed by atoms with Gasteiger partial charge in [0.25, 0.3) is 0 Å². The van der Waals surface area contributed by atoms with Crippen LogP contribution >= 0.6 is 11.6 Å². The van der Waals surface area contributed by atoms with E-state index in [1.165, 1.54) is 5.56 Å². The first-order chi connectivity index (χ1) is 10.1. The quantitative estimate of drug-likeness (QED) is 0.711. The molecule has 0 aliphatic heterocycles.